The second-order valence-corrected chi connectivity index (χ2v) is 6.13. The van der Waals surface area contributed by atoms with Gasteiger partial charge in [0.25, 0.3) is 0 Å². The maximum Gasteiger partial charge on any atom is 0.146 e. The van der Waals surface area contributed by atoms with Gasteiger partial charge in [-0.05, 0) is 37.0 Å². The Labute approximate surface area is 76.2 Å². The van der Waals surface area contributed by atoms with Crippen LogP contribution in [0.3, 0.4) is 0 Å². The van der Waals surface area contributed by atoms with Gasteiger partial charge < -0.3 is 0 Å². The molecule has 4 rings (SSSR count). The summed E-state index contributed by atoms with van der Waals surface area (Å²) in [6.07, 6.45) is 7.86. The van der Waals surface area contributed by atoms with Crippen molar-refractivity contribution in [2.24, 2.45) is 17.8 Å². The van der Waals surface area contributed by atoms with Gasteiger partial charge in [-0.1, -0.05) is 31.8 Å². The Bertz CT molecular complexity index is 177. The van der Waals surface area contributed by atoms with Crippen LogP contribution in [0.25, 0.3) is 0 Å². The fourth-order valence-electron chi connectivity index (χ4n) is 4.40. The average molecular weight is 162 g/mol. The Morgan fingerprint density at radius 1 is 1.00 bits per heavy atom. The first kappa shape index (κ1) is 7.47. The minimum atomic E-state index is 0.702. The lowest BCUT2D eigenvalue weighted by Gasteiger charge is -2.57. The number of rotatable bonds is 0. The van der Waals surface area contributed by atoms with E-state index in [2.05, 4.69) is 13.8 Å². The molecule has 0 aromatic rings. The molecule has 1 heteroatoms. The fourth-order valence-corrected chi connectivity index (χ4v) is 4.40. The van der Waals surface area contributed by atoms with Crippen LogP contribution in [0.4, 0.5) is 0 Å². The van der Waals surface area contributed by atoms with Crippen LogP contribution in [0.5, 0.6) is 0 Å². The van der Waals surface area contributed by atoms with Gasteiger partial charge in [-0.3, -0.25) is 0 Å². The van der Waals surface area contributed by atoms with Crippen molar-refractivity contribution in [3.63, 3.8) is 0 Å². The van der Waals surface area contributed by atoms with E-state index in [-0.39, 0.29) is 0 Å². The second kappa shape index (κ2) is 2.11. The lowest BCUT2D eigenvalue weighted by atomic mass is 9.18. The molecule has 1 aliphatic carbocycles. The van der Waals surface area contributed by atoms with Crippen LogP contribution < -0.4 is 0 Å². The van der Waals surface area contributed by atoms with Gasteiger partial charge in [0.05, 0.1) is 0 Å². The van der Waals surface area contributed by atoms with Gasteiger partial charge in [0.15, 0.2) is 0 Å². The monoisotopic (exact) mass is 162 g/mol. The highest BCUT2D eigenvalue weighted by atomic mass is 14.5. The topological polar surface area (TPSA) is 0 Å². The van der Waals surface area contributed by atoms with Crippen LogP contribution in [-0.4, -0.2) is 6.71 Å². The van der Waals surface area contributed by atoms with Crippen LogP contribution in [0.15, 0.2) is 0 Å². The van der Waals surface area contributed by atoms with Gasteiger partial charge in [0, 0.05) is 0 Å². The van der Waals surface area contributed by atoms with E-state index in [1.807, 2.05) is 0 Å². The molecule has 0 amide bonds. The van der Waals surface area contributed by atoms with E-state index in [4.69, 9.17) is 0 Å². The molecular formula is C11H19B. The van der Waals surface area contributed by atoms with Crippen LogP contribution in [0, 0.1) is 17.8 Å². The Morgan fingerprint density at radius 2 is 1.58 bits per heavy atom. The van der Waals surface area contributed by atoms with Crippen LogP contribution in [-0.2, 0) is 0 Å². The van der Waals surface area contributed by atoms with Crippen molar-refractivity contribution in [2.75, 3.05) is 0 Å². The Morgan fingerprint density at radius 3 is 2.08 bits per heavy atom. The third-order valence-corrected chi connectivity index (χ3v) is 5.24. The van der Waals surface area contributed by atoms with Crippen molar-refractivity contribution in [1.29, 1.82) is 0 Å². The minimum Gasteiger partial charge on any atom is -0.0708 e. The van der Waals surface area contributed by atoms with Crippen molar-refractivity contribution in [1.82, 2.24) is 0 Å². The fraction of sp³-hybridized carbons (Fsp3) is 1.00. The van der Waals surface area contributed by atoms with E-state index in [0.717, 1.165) is 24.5 Å². The molecule has 0 spiro atoms. The molecule has 1 saturated carbocycles. The third-order valence-electron chi connectivity index (χ3n) is 5.24. The van der Waals surface area contributed by atoms with E-state index in [9.17, 15) is 0 Å². The first-order valence-electron chi connectivity index (χ1n) is 5.66. The first-order valence-corrected chi connectivity index (χ1v) is 5.66. The standard InChI is InChI=1S/C11H19B/c1-11(2)10-4-8-3-9(5-10)7-12(11)6-8/h8-10H,3-7H2,1-2H3/t8-,9+,10?. The van der Waals surface area contributed by atoms with Crippen molar-refractivity contribution in [3.05, 3.63) is 0 Å². The van der Waals surface area contributed by atoms with Gasteiger partial charge >= 0.3 is 0 Å². The SMILES string of the molecule is CC1(C)B2C[C@@H]3CC1C[C@H](C2)C3. The molecule has 0 aromatic carbocycles. The van der Waals surface area contributed by atoms with Gasteiger partial charge in [-0.25, -0.2) is 0 Å². The highest BCUT2D eigenvalue weighted by molar-refractivity contribution is 6.63. The lowest BCUT2D eigenvalue weighted by Crippen LogP contribution is -2.51. The highest BCUT2D eigenvalue weighted by Gasteiger charge is 2.53. The molecule has 3 atom stereocenters. The molecule has 0 radical (unpaired) electrons. The summed E-state index contributed by atoms with van der Waals surface area (Å²) in [5.41, 5.74) is 0. The summed E-state index contributed by atoms with van der Waals surface area (Å²) in [4.78, 5) is 0. The maximum atomic E-state index is 2.53. The summed E-state index contributed by atoms with van der Waals surface area (Å²) in [6, 6.07) is 0. The largest absolute Gasteiger partial charge is 0.146 e. The summed E-state index contributed by atoms with van der Waals surface area (Å²) in [5, 5.41) is 0.702. The molecule has 3 saturated heterocycles. The zero-order chi connectivity index (χ0) is 8.34. The van der Waals surface area contributed by atoms with Gasteiger partial charge in [0.1, 0.15) is 6.71 Å². The van der Waals surface area contributed by atoms with E-state index < -0.39 is 0 Å². The van der Waals surface area contributed by atoms with E-state index >= 15 is 0 Å². The van der Waals surface area contributed by atoms with Crippen LogP contribution >= 0.6 is 0 Å². The molecule has 4 fully saturated rings. The lowest BCUT2D eigenvalue weighted by molar-refractivity contribution is 0.135. The number of hydrogen-bond donors (Lipinski definition) is 0. The average Bonchev–Trinajstić information content (AvgIpc) is 1.99. The van der Waals surface area contributed by atoms with Crippen molar-refractivity contribution >= 4 is 6.71 Å². The molecule has 4 bridgehead atoms. The highest BCUT2D eigenvalue weighted by Crippen LogP contribution is 2.62. The summed E-state index contributed by atoms with van der Waals surface area (Å²) in [7, 11) is 0. The minimum absolute atomic E-state index is 0.702. The second-order valence-electron chi connectivity index (χ2n) is 6.13. The predicted molar refractivity (Wildman–Crippen MR) is 53.7 cm³/mol. The Kier molecular flexibility index (Phi) is 1.31. The summed E-state index contributed by atoms with van der Waals surface area (Å²) in [5.74, 6) is 3.37. The molecule has 0 aromatic heterocycles. The maximum absolute atomic E-state index is 2.53. The van der Waals surface area contributed by atoms with Crippen LogP contribution in [0.2, 0.25) is 18.0 Å². The van der Waals surface area contributed by atoms with E-state index in [0.29, 0.717) is 5.31 Å². The van der Waals surface area contributed by atoms with Crippen LogP contribution in [0.1, 0.15) is 33.1 Å². The smallest absolute Gasteiger partial charge is 0.0708 e. The molecule has 1 unspecified atom stereocenters. The summed E-state index contributed by atoms with van der Waals surface area (Å²) >= 11 is 0. The molecule has 66 valence electrons. The predicted octanol–water partition coefficient (Wildman–Crippen LogP) is 3.32. The first-order chi connectivity index (χ1) is 5.66. The Balaban J connectivity index is 1.96. The molecule has 12 heavy (non-hydrogen) atoms. The molecule has 0 N–H and O–H groups in total. The molecule has 3 aliphatic heterocycles. The van der Waals surface area contributed by atoms with E-state index in [1.165, 1.54) is 0 Å². The zero-order valence-corrected chi connectivity index (χ0v) is 8.34. The summed E-state index contributed by atoms with van der Waals surface area (Å²) in [6.45, 7) is 6.15. The molecular weight excluding hydrogens is 143 g/mol. The summed E-state index contributed by atoms with van der Waals surface area (Å²) < 4.78 is 0. The van der Waals surface area contributed by atoms with Gasteiger partial charge in [-0.15, -0.1) is 0 Å². The Hall–Kier alpha value is 0.0649. The van der Waals surface area contributed by atoms with Crippen molar-refractivity contribution in [2.45, 2.75) is 51.1 Å². The quantitative estimate of drug-likeness (QED) is 0.479. The van der Waals surface area contributed by atoms with Gasteiger partial charge in [0.2, 0.25) is 0 Å². The number of hydrogen-bond acceptors (Lipinski definition) is 0. The van der Waals surface area contributed by atoms with Gasteiger partial charge in [-0.2, -0.15) is 0 Å². The zero-order valence-electron chi connectivity index (χ0n) is 8.34. The third kappa shape index (κ3) is 0.804. The molecule has 4 aliphatic rings. The van der Waals surface area contributed by atoms with E-state index in [1.54, 1.807) is 31.9 Å². The van der Waals surface area contributed by atoms with Crippen molar-refractivity contribution < 1.29 is 0 Å². The molecule has 0 nitrogen and oxygen atoms in total. The normalized spacial score (nSPS) is 48.5. The van der Waals surface area contributed by atoms with Crippen molar-refractivity contribution in [3.8, 4) is 0 Å². The molecule has 3 heterocycles.